The highest BCUT2D eigenvalue weighted by atomic mass is 19.4. The van der Waals surface area contributed by atoms with Crippen LogP contribution in [0.15, 0.2) is 36.4 Å². The van der Waals surface area contributed by atoms with Crippen molar-refractivity contribution in [1.29, 1.82) is 0 Å². The van der Waals surface area contributed by atoms with Gasteiger partial charge in [0.15, 0.2) is 11.5 Å². The second-order valence-electron chi connectivity index (χ2n) is 8.15. The number of halogens is 3. The van der Waals surface area contributed by atoms with E-state index >= 15 is 0 Å². The van der Waals surface area contributed by atoms with Crippen LogP contribution in [-0.4, -0.2) is 25.8 Å². The van der Waals surface area contributed by atoms with Gasteiger partial charge in [0.2, 0.25) is 12.7 Å². The highest BCUT2D eigenvalue weighted by Crippen LogP contribution is 2.35. The minimum absolute atomic E-state index is 0.147. The second kappa shape index (κ2) is 8.69. The van der Waals surface area contributed by atoms with Crippen molar-refractivity contribution in [2.24, 2.45) is 5.92 Å². The van der Waals surface area contributed by atoms with Crippen LogP contribution in [0.25, 0.3) is 0 Å². The molecule has 0 unspecified atom stereocenters. The molecule has 31 heavy (non-hydrogen) atoms. The lowest BCUT2D eigenvalue weighted by Gasteiger charge is -2.34. The molecule has 2 aromatic rings. The summed E-state index contributed by atoms with van der Waals surface area (Å²) in [5, 5.41) is 2.84. The second-order valence-corrected chi connectivity index (χ2v) is 8.15. The van der Waals surface area contributed by atoms with Crippen molar-refractivity contribution in [3.63, 3.8) is 0 Å². The highest BCUT2D eigenvalue weighted by Gasteiger charge is 2.32. The molecule has 4 rings (SSSR count). The van der Waals surface area contributed by atoms with Crippen molar-refractivity contribution in [3.8, 4) is 11.5 Å². The van der Waals surface area contributed by atoms with E-state index in [9.17, 15) is 18.0 Å². The van der Waals surface area contributed by atoms with Crippen LogP contribution in [0.3, 0.4) is 0 Å². The summed E-state index contributed by atoms with van der Waals surface area (Å²) >= 11 is 0. The summed E-state index contributed by atoms with van der Waals surface area (Å²) in [4.78, 5) is 14.5. The largest absolute Gasteiger partial charge is 0.454 e. The fraction of sp³-hybridized carbons (Fsp3) is 0.435. The Hall–Kier alpha value is -2.90. The number of fused-ring (bicyclic) bond motifs is 1. The van der Waals surface area contributed by atoms with Gasteiger partial charge in [-0.1, -0.05) is 19.1 Å². The summed E-state index contributed by atoms with van der Waals surface area (Å²) in [6.07, 6.45) is -2.38. The topological polar surface area (TPSA) is 50.8 Å². The molecule has 2 aliphatic heterocycles. The summed E-state index contributed by atoms with van der Waals surface area (Å²) in [6.45, 7) is 3.90. The molecular weight excluding hydrogens is 409 g/mol. The van der Waals surface area contributed by atoms with E-state index in [1.54, 1.807) is 18.2 Å². The number of ether oxygens (including phenoxy) is 2. The molecule has 0 aromatic heterocycles. The van der Waals surface area contributed by atoms with Crippen molar-refractivity contribution in [2.75, 3.05) is 24.8 Å². The van der Waals surface area contributed by atoms with Crippen molar-refractivity contribution in [2.45, 2.75) is 38.9 Å². The molecule has 1 saturated heterocycles. The average Bonchev–Trinajstić information content (AvgIpc) is 3.20. The third-order valence-corrected chi connectivity index (χ3v) is 5.81. The van der Waals surface area contributed by atoms with E-state index < -0.39 is 11.7 Å². The zero-order valence-electron chi connectivity index (χ0n) is 17.3. The van der Waals surface area contributed by atoms with Crippen molar-refractivity contribution in [3.05, 3.63) is 53.1 Å². The van der Waals surface area contributed by atoms with Crippen LogP contribution < -0.4 is 19.7 Å². The number of carbonyl (C=O) groups is 1. The van der Waals surface area contributed by atoms with E-state index in [0.29, 0.717) is 41.8 Å². The van der Waals surface area contributed by atoms with Crippen LogP contribution in [0.4, 0.5) is 18.9 Å². The van der Waals surface area contributed by atoms with Crippen LogP contribution >= 0.6 is 0 Å². The van der Waals surface area contributed by atoms with Gasteiger partial charge in [-0.3, -0.25) is 4.79 Å². The first-order valence-corrected chi connectivity index (χ1v) is 10.4. The number of nitrogens with zero attached hydrogens (tertiary/aromatic N) is 1. The minimum Gasteiger partial charge on any atom is -0.454 e. The molecule has 0 atom stereocenters. The first-order chi connectivity index (χ1) is 14.8. The molecule has 0 radical (unpaired) electrons. The number of piperidine rings is 1. The third-order valence-electron chi connectivity index (χ3n) is 5.81. The Morgan fingerprint density at radius 1 is 1.10 bits per heavy atom. The summed E-state index contributed by atoms with van der Waals surface area (Å²) in [5.74, 6) is 1.60. The van der Waals surface area contributed by atoms with E-state index in [4.69, 9.17) is 9.47 Å². The molecule has 0 saturated carbocycles. The van der Waals surface area contributed by atoms with Crippen molar-refractivity contribution < 1.29 is 27.4 Å². The molecule has 166 valence electrons. The molecule has 0 aliphatic carbocycles. The first-order valence-electron chi connectivity index (χ1n) is 10.4. The van der Waals surface area contributed by atoms with Gasteiger partial charge in [0.1, 0.15) is 0 Å². The maximum Gasteiger partial charge on any atom is 0.416 e. The van der Waals surface area contributed by atoms with E-state index in [1.807, 2.05) is 4.90 Å². The van der Waals surface area contributed by atoms with Gasteiger partial charge >= 0.3 is 6.18 Å². The van der Waals surface area contributed by atoms with Crippen LogP contribution in [-0.2, 0) is 23.9 Å². The predicted molar refractivity (Wildman–Crippen MR) is 110 cm³/mol. The Morgan fingerprint density at radius 2 is 1.84 bits per heavy atom. The zero-order valence-corrected chi connectivity index (χ0v) is 17.3. The van der Waals surface area contributed by atoms with E-state index in [-0.39, 0.29) is 25.7 Å². The van der Waals surface area contributed by atoms with Gasteiger partial charge in [-0.05, 0) is 54.2 Å². The maximum atomic E-state index is 13.3. The molecule has 1 N–H and O–H groups in total. The molecule has 1 fully saturated rings. The maximum absolute atomic E-state index is 13.3. The van der Waals surface area contributed by atoms with Crippen LogP contribution in [0.5, 0.6) is 11.5 Å². The van der Waals surface area contributed by atoms with E-state index in [2.05, 4.69) is 12.2 Å². The van der Waals surface area contributed by atoms with Gasteiger partial charge in [0.05, 0.1) is 12.0 Å². The monoisotopic (exact) mass is 434 g/mol. The Kier molecular flexibility index (Phi) is 5.98. The van der Waals surface area contributed by atoms with Gasteiger partial charge in [-0.25, -0.2) is 0 Å². The normalized spacial score (nSPS) is 16.5. The first kappa shape index (κ1) is 21.3. The van der Waals surface area contributed by atoms with Gasteiger partial charge in [0.25, 0.3) is 0 Å². The summed E-state index contributed by atoms with van der Waals surface area (Å²) < 4.78 is 50.4. The number of hydrogen-bond donors (Lipinski definition) is 1. The average molecular weight is 434 g/mol. The lowest BCUT2D eigenvalue weighted by molar-refractivity contribution is -0.137. The zero-order chi connectivity index (χ0) is 22.0. The number of amides is 1. The van der Waals surface area contributed by atoms with Crippen molar-refractivity contribution >= 4 is 11.6 Å². The molecule has 2 aliphatic rings. The quantitative estimate of drug-likeness (QED) is 0.751. The lowest BCUT2D eigenvalue weighted by Crippen LogP contribution is -2.34. The van der Waals surface area contributed by atoms with Crippen LogP contribution in [0.1, 0.15) is 36.5 Å². The molecular formula is C23H25F3N2O3. The number of nitrogens with one attached hydrogen (secondary N) is 1. The van der Waals surface area contributed by atoms with Gasteiger partial charge < -0.3 is 19.7 Å². The summed E-state index contributed by atoms with van der Waals surface area (Å²) in [6, 6.07) is 9.07. The van der Waals surface area contributed by atoms with Crippen molar-refractivity contribution in [1.82, 2.24) is 5.32 Å². The molecule has 2 heterocycles. The Bertz CT molecular complexity index is 954. The molecule has 1 amide bonds. The van der Waals surface area contributed by atoms with Crippen LogP contribution in [0.2, 0.25) is 0 Å². The lowest BCUT2D eigenvalue weighted by atomic mass is 9.97. The third kappa shape index (κ3) is 5.06. The van der Waals surface area contributed by atoms with Gasteiger partial charge in [-0.15, -0.1) is 0 Å². The number of hydrogen-bond acceptors (Lipinski definition) is 4. The summed E-state index contributed by atoms with van der Waals surface area (Å²) in [5.41, 5.74) is 1.34. The van der Waals surface area contributed by atoms with Gasteiger partial charge in [0, 0.05) is 25.3 Å². The SMILES string of the molecule is CC1CCN(c2cc(C(F)(F)F)ccc2CNC(=O)Cc2ccc3c(c2)OCO3)CC1. The number of rotatable bonds is 5. The highest BCUT2D eigenvalue weighted by molar-refractivity contribution is 5.79. The van der Waals surface area contributed by atoms with Gasteiger partial charge in [-0.2, -0.15) is 13.2 Å². The smallest absolute Gasteiger partial charge is 0.416 e. The Morgan fingerprint density at radius 3 is 2.58 bits per heavy atom. The number of anilines is 1. The number of alkyl halides is 3. The molecule has 0 bridgehead atoms. The standard InChI is InChI=1S/C23H25F3N2O3/c1-15-6-8-28(9-7-15)19-12-18(23(24,25)26)4-3-17(19)13-27-22(29)11-16-2-5-20-21(10-16)31-14-30-20/h2-5,10,12,15H,6-9,11,13-14H2,1H3,(H,27,29). The Labute approximate surface area is 179 Å². The Balaban J connectivity index is 1.46. The fourth-order valence-electron chi connectivity index (χ4n) is 3.93. The number of benzene rings is 2. The minimum atomic E-state index is -4.40. The predicted octanol–water partition coefficient (Wildman–Crippen LogP) is 4.53. The van der Waals surface area contributed by atoms with E-state index in [0.717, 1.165) is 24.5 Å². The molecule has 5 nitrogen and oxygen atoms in total. The fourth-order valence-corrected chi connectivity index (χ4v) is 3.93. The molecule has 8 heteroatoms. The van der Waals surface area contributed by atoms with E-state index in [1.165, 1.54) is 12.1 Å². The molecule has 0 spiro atoms. The number of carbonyl (C=O) groups excluding carboxylic acids is 1. The summed E-state index contributed by atoms with van der Waals surface area (Å²) in [7, 11) is 0. The van der Waals surface area contributed by atoms with Crippen LogP contribution in [0, 0.1) is 5.92 Å². The molecule has 2 aromatic carbocycles.